The molecule has 32 heavy (non-hydrogen) atoms. The fraction of sp³-hybridized carbons (Fsp3) is 0.682. The Kier molecular flexibility index (Phi) is 9.89. The second-order valence-electron chi connectivity index (χ2n) is 8.50. The largest absolute Gasteiger partial charge is 0.496 e. The Hall–Kier alpha value is -1.27. The van der Waals surface area contributed by atoms with Crippen LogP contribution in [0.15, 0.2) is 23.2 Å². The van der Waals surface area contributed by atoms with E-state index in [0.717, 1.165) is 24.2 Å². The number of hydrogen-bond acceptors (Lipinski definition) is 4. The molecule has 6 nitrogen and oxygen atoms in total. The molecule has 0 spiro atoms. The number of methoxy groups -OCH3 is 1. The Morgan fingerprint density at radius 2 is 2.03 bits per heavy atom. The quantitative estimate of drug-likeness (QED) is 0.312. The molecule has 0 bridgehead atoms. The normalized spacial score (nSPS) is 21.7. The van der Waals surface area contributed by atoms with Gasteiger partial charge in [-0.2, -0.15) is 13.2 Å². The highest BCUT2D eigenvalue weighted by Gasteiger charge is 2.38. The fourth-order valence-electron chi connectivity index (χ4n) is 4.53. The van der Waals surface area contributed by atoms with Crippen LogP contribution in [0, 0.1) is 6.92 Å². The summed E-state index contributed by atoms with van der Waals surface area (Å²) in [5.74, 6) is 1.46. The molecule has 182 valence electrons. The molecule has 10 heteroatoms. The van der Waals surface area contributed by atoms with Gasteiger partial charge in [-0.25, -0.2) is 0 Å². The van der Waals surface area contributed by atoms with E-state index in [4.69, 9.17) is 9.47 Å². The lowest BCUT2D eigenvalue weighted by molar-refractivity contribution is -0.143. The van der Waals surface area contributed by atoms with Crippen molar-refractivity contribution in [3.8, 4) is 5.75 Å². The zero-order valence-corrected chi connectivity index (χ0v) is 21.3. The third-order valence-corrected chi connectivity index (χ3v) is 6.21. The number of halogens is 4. The van der Waals surface area contributed by atoms with Crippen molar-refractivity contribution in [1.82, 2.24) is 15.5 Å². The van der Waals surface area contributed by atoms with Crippen molar-refractivity contribution in [2.24, 2.45) is 4.99 Å². The number of rotatable bonds is 6. The van der Waals surface area contributed by atoms with E-state index in [1.54, 1.807) is 14.2 Å². The number of aryl methyl sites for hydroxylation is 1. The van der Waals surface area contributed by atoms with Crippen molar-refractivity contribution in [3.63, 3.8) is 0 Å². The van der Waals surface area contributed by atoms with Crippen LogP contribution in [0.5, 0.6) is 5.75 Å². The molecule has 2 heterocycles. The van der Waals surface area contributed by atoms with Gasteiger partial charge in [0.2, 0.25) is 0 Å². The zero-order valence-electron chi connectivity index (χ0n) is 18.9. The van der Waals surface area contributed by atoms with Crippen LogP contribution in [-0.4, -0.2) is 76.6 Å². The van der Waals surface area contributed by atoms with Gasteiger partial charge < -0.3 is 20.1 Å². The van der Waals surface area contributed by atoms with Gasteiger partial charge in [0.25, 0.3) is 0 Å². The highest BCUT2D eigenvalue weighted by atomic mass is 127. The first-order chi connectivity index (χ1) is 14.7. The van der Waals surface area contributed by atoms with E-state index >= 15 is 0 Å². The van der Waals surface area contributed by atoms with Crippen LogP contribution < -0.4 is 15.4 Å². The summed E-state index contributed by atoms with van der Waals surface area (Å²) in [4.78, 5) is 5.74. The van der Waals surface area contributed by atoms with Crippen LogP contribution in [0.3, 0.4) is 0 Å². The average molecular weight is 570 g/mol. The average Bonchev–Trinajstić information content (AvgIpc) is 3.16. The minimum Gasteiger partial charge on any atom is -0.496 e. The number of nitrogens with zero attached hydrogens (tertiary/aromatic N) is 2. The van der Waals surface area contributed by atoms with Crippen molar-refractivity contribution in [2.45, 2.75) is 43.8 Å². The van der Waals surface area contributed by atoms with Crippen LogP contribution in [0.25, 0.3) is 0 Å². The topological polar surface area (TPSA) is 58.1 Å². The van der Waals surface area contributed by atoms with E-state index in [1.807, 2.05) is 12.1 Å². The maximum absolute atomic E-state index is 12.7. The third kappa shape index (κ3) is 7.11. The van der Waals surface area contributed by atoms with Gasteiger partial charge in [-0.1, -0.05) is 17.7 Å². The Labute approximate surface area is 205 Å². The highest BCUT2D eigenvalue weighted by Crippen LogP contribution is 2.40. The van der Waals surface area contributed by atoms with Crippen molar-refractivity contribution < 1.29 is 22.6 Å². The molecular formula is C22H34F3IN4O2. The molecule has 0 radical (unpaired) electrons. The summed E-state index contributed by atoms with van der Waals surface area (Å²) in [7, 11) is 3.36. The van der Waals surface area contributed by atoms with E-state index in [9.17, 15) is 13.2 Å². The maximum Gasteiger partial charge on any atom is 0.401 e. The molecule has 0 amide bonds. The molecule has 0 aromatic heterocycles. The van der Waals surface area contributed by atoms with Gasteiger partial charge in [0.05, 0.1) is 13.7 Å². The van der Waals surface area contributed by atoms with Crippen molar-refractivity contribution >= 4 is 29.9 Å². The summed E-state index contributed by atoms with van der Waals surface area (Å²) in [6, 6.07) is 6.15. The van der Waals surface area contributed by atoms with Crippen LogP contribution in [0.4, 0.5) is 13.2 Å². The van der Waals surface area contributed by atoms with E-state index in [2.05, 4.69) is 28.6 Å². The second kappa shape index (κ2) is 11.7. The summed E-state index contributed by atoms with van der Waals surface area (Å²) < 4.78 is 49.3. The molecule has 1 unspecified atom stereocenters. The molecule has 2 saturated heterocycles. The minimum atomic E-state index is -4.17. The number of guanidine groups is 1. The van der Waals surface area contributed by atoms with Gasteiger partial charge in [-0.05, 0) is 32.3 Å². The predicted octanol–water partition coefficient (Wildman–Crippen LogP) is 3.47. The number of likely N-dealkylation sites (tertiary alicyclic amines) is 1. The summed E-state index contributed by atoms with van der Waals surface area (Å²) in [6.07, 6.45) is -1.82. The fourth-order valence-corrected chi connectivity index (χ4v) is 4.53. The van der Waals surface area contributed by atoms with Gasteiger partial charge in [0.15, 0.2) is 5.96 Å². The Morgan fingerprint density at radius 3 is 2.66 bits per heavy atom. The number of benzene rings is 1. The third-order valence-electron chi connectivity index (χ3n) is 6.21. The van der Waals surface area contributed by atoms with Crippen LogP contribution in [0.2, 0.25) is 0 Å². The first kappa shape index (κ1) is 27.0. The summed E-state index contributed by atoms with van der Waals surface area (Å²) in [6.45, 7) is 3.94. The maximum atomic E-state index is 12.7. The molecule has 2 N–H and O–H groups in total. The van der Waals surface area contributed by atoms with Crippen molar-refractivity contribution in [2.75, 3.05) is 53.6 Å². The molecule has 0 saturated carbocycles. The molecule has 2 fully saturated rings. The van der Waals surface area contributed by atoms with Gasteiger partial charge >= 0.3 is 6.18 Å². The molecule has 2 aliphatic rings. The second-order valence-corrected chi connectivity index (χ2v) is 8.50. The SMILES string of the molecule is CN=C(NCC1(c2cc(C)ccc2OC)CCOCC1)NC1CCN(CC(F)(F)F)C1.I. The van der Waals surface area contributed by atoms with Gasteiger partial charge in [0, 0.05) is 56.9 Å². The van der Waals surface area contributed by atoms with Gasteiger partial charge in [-0.3, -0.25) is 9.89 Å². The number of ether oxygens (including phenoxy) is 2. The summed E-state index contributed by atoms with van der Waals surface area (Å²) in [5, 5.41) is 6.72. The van der Waals surface area contributed by atoms with Gasteiger partial charge in [0.1, 0.15) is 5.75 Å². The Bertz CT molecular complexity index is 770. The predicted molar refractivity (Wildman–Crippen MR) is 130 cm³/mol. The number of hydrogen-bond donors (Lipinski definition) is 2. The summed E-state index contributed by atoms with van der Waals surface area (Å²) in [5.41, 5.74) is 2.14. The number of nitrogens with one attached hydrogen (secondary N) is 2. The molecule has 1 aromatic rings. The monoisotopic (exact) mass is 570 g/mol. The first-order valence-electron chi connectivity index (χ1n) is 10.7. The summed E-state index contributed by atoms with van der Waals surface area (Å²) >= 11 is 0. The van der Waals surface area contributed by atoms with Crippen LogP contribution >= 0.6 is 24.0 Å². The smallest absolute Gasteiger partial charge is 0.401 e. The van der Waals surface area contributed by atoms with Gasteiger partial charge in [-0.15, -0.1) is 24.0 Å². The molecular weight excluding hydrogens is 536 g/mol. The minimum absolute atomic E-state index is 0. The number of aliphatic imine (C=N–C) groups is 1. The first-order valence-corrected chi connectivity index (χ1v) is 10.7. The van der Waals surface area contributed by atoms with Crippen molar-refractivity contribution in [3.05, 3.63) is 29.3 Å². The lowest BCUT2D eigenvalue weighted by Gasteiger charge is -2.39. The standard InChI is InChI=1S/C22H33F3N4O2.HI/c1-16-4-5-19(30-3)18(12-16)21(7-10-31-11-8-21)14-27-20(26-2)28-17-6-9-29(13-17)15-22(23,24)25;/h4-5,12,17H,6-11,13-15H2,1-3H3,(H2,26,27,28);1H. The molecule has 1 atom stereocenters. The van der Waals surface area contributed by atoms with Crippen LogP contribution in [-0.2, 0) is 10.2 Å². The lowest BCUT2D eigenvalue weighted by Crippen LogP contribution is -2.50. The molecule has 3 rings (SSSR count). The van der Waals surface area contributed by atoms with E-state index in [-0.39, 0.29) is 35.4 Å². The Morgan fingerprint density at radius 1 is 1.31 bits per heavy atom. The van der Waals surface area contributed by atoms with E-state index in [1.165, 1.54) is 10.5 Å². The molecule has 1 aromatic carbocycles. The van der Waals surface area contributed by atoms with Crippen LogP contribution in [0.1, 0.15) is 30.4 Å². The highest BCUT2D eigenvalue weighted by molar-refractivity contribution is 14.0. The number of alkyl halides is 3. The molecule has 0 aliphatic carbocycles. The van der Waals surface area contributed by atoms with Crippen molar-refractivity contribution in [1.29, 1.82) is 0 Å². The van der Waals surface area contributed by atoms with E-state index in [0.29, 0.717) is 45.2 Å². The Balaban J connectivity index is 0.00000363. The molecule has 2 aliphatic heterocycles. The zero-order chi connectivity index (χ0) is 22.5. The van der Waals surface area contributed by atoms with E-state index < -0.39 is 12.7 Å². The lowest BCUT2D eigenvalue weighted by atomic mass is 9.73.